The third-order valence-corrected chi connectivity index (χ3v) is 4.77. The third kappa shape index (κ3) is 3.78. The Hall–Kier alpha value is -0.960. The fraction of sp³-hybridized carbons (Fsp3) is 0.750. The molecule has 114 valence electrons. The quantitative estimate of drug-likeness (QED) is 0.669. The van der Waals surface area contributed by atoms with Gasteiger partial charge < -0.3 is 10.4 Å². The number of nitrogens with zero attached hydrogens (tertiary/aromatic N) is 2. The van der Waals surface area contributed by atoms with Crippen LogP contribution >= 0.6 is 0 Å². The maximum Gasteiger partial charge on any atom is 0.243 e. The number of aliphatic hydroxyl groups is 1. The second kappa shape index (κ2) is 6.21. The van der Waals surface area contributed by atoms with Crippen LogP contribution in [0.15, 0.2) is 17.3 Å². The lowest BCUT2D eigenvalue weighted by Gasteiger charge is -2.32. The molecule has 0 bridgehead atoms. The van der Waals surface area contributed by atoms with Gasteiger partial charge in [-0.1, -0.05) is 6.92 Å². The van der Waals surface area contributed by atoms with Crippen molar-refractivity contribution in [1.29, 1.82) is 0 Å². The molecular formula is C12H22N4O3S. The van der Waals surface area contributed by atoms with Crippen LogP contribution in [-0.2, 0) is 16.6 Å². The molecule has 0 saturated carbocycles. The fourth-order valence-corrected chi connectivity index (χ4v) is 3.32. The van der Waals surface area contributed by atoms with Crippen LogP contribution in [0.1, 0.15) is 26.2 Å². The van der Waals surface area contributed by atoms with E-state index in [2.05, 4.69) is 15.1 Å². The number of piperidine rings is 1. The molecule has 0 aromatic carbocycles. The molecule has 0 radical (unpaired) electrons. The van der Waals surface area contributed by atoms with Gasteiger partial charge in [-0.15, -0.1) is 0 Å². The van der Waals surface area contributed by atoms with Gasteiger partial charge in [0.15, 0.2) is 0 Å². The molecule has 1 aromatic rings. The molecular weight excluding hydrogens is 280 g/mol. The van der Waals surface area contributed by atoms with Gasteiger partial charge in [-0.25, -0.2) is 13.1 Å². The van der Waals surface area contributed by atoms with Crippen molar-refractivity contribution in [3.05, 3.63) is 12.4 Å². The largest absolute Gasteiger partial charge is 0.387 e. The smallest absolute Gasteiger partial charge is 0.243 e. The van der Waals surface area contributed by atoms with Gasteiger partial charge in [0, 0.05) is 25.8 Å². The van der Waals surface area contributed by atoms with E-state index in [0.717, 1.165) is 19.4 Å². The van der Waals surface area contributed by atoms with E-state index in [0.29, 0.717) is 19.5 Å². The van der Waals surface area contributed by atoms with Gasteiger partial charge in [-0.05, 0) is 25.8 Å². The molecule has 0 aliphatic carbocycles. The van der Waals surface area contributed by atoms with Crippen molar-refractivity contribution in [2.75, 3.05) is 19.6 Å². The molecule has 3 N–H and O–H groups in total. The summed E-state index contributed by atoms with van der Waals surface area (Å²) in [5, 5.41) is 17.3. The zero-order valence-corrected chi connectivity index (χ0v) is 12.5. The van der Waals surface area contributed by atoms with Gasteiger partial charge in [-0.3, -0.25) is 4.68 Å². The average Bonchev–Trinajstić information content (AvgIpc) is 2.88. The Bertz CT molecular complexity index is 535. The molecule has 0 spiro atoms. The SMILES string of the molecule is CCCn1cc(S(=O)(=O)NC[C@]2(O)CCCNC2)cn1. The topological polar surface area (TPSA) is 96.2 Å². The number of hydrogen-bond donors (Lipinski definition) is 3. The Morgan fingerprint density at radius 2 is 2.40 bits per heavy atom. The highest BCUT2D eigenvalue weighted by Gasteiger charge is 2.31. The lowest BCUT2D eigenvalue weighted by Crippen LogP contribution is -2.52. The van der Waals surface area contributed by atoms with Crippen molar-refractivity contribution < 1.29 is 13.5 Å². The minimum atomic E-state index is -3.62. The molecule has 20 heavy (non-hydrogen) atoms. The van der Waals surface area contributed by atoms with Crippen molar-refractivity contribution >= 4 is 10.0 Å². The van der Waals surface area contributed by atoms with Crippen LogP contribution < -0.4 is 10.0 Å². The van der Waals surface area contributed by atoms with Crippen molar-refractivity contribution in [3.8, 4) is 0 Å². The number of aromatic nitrogens is 2. The van der Waals surface area contributed by atoms with E-state index in [-0.39, 0.29) is 11.4 Å². The highest BCUT2D eigenvalue weighted by atomic mass is 32.2. The zero-order valence-electron chi connectivity index (χ0n) is 11.7. The van der Waals surface area contributed by atoms with Crippen molar-refractivity contribution in [3.63, 3.8) is 0 Å². The first-order chi connectivity index (χ1) is 9.45. The van der Waals surface area contributed by atoms with Crippen LogP contribution in [0.2, 0.25) is 0 Å². The monoisotopic (exact) mass is 302 g/mol. The molecule has 0 unspecified atom stereocenters. The molecule has 1 aliphatic heterocycles. The second-order valence-electron chi connectivity index (χ2n) is 5.27. The van der Waals surface area contributed by atoms with E-state index in [4.69, 9.17) is 0 Å². The number of rotatable bonds is 6. The van der Waals surface area contributed by atoms with Crippen molar-refractivity contribution in [2.24, 2.45) is 0 Å². The molecule has 7 nitrogen and oxygen atoms in total. The summed E-state index contributed by atoms with van der Waals surface area (Å²) in [6, 6.07) is 0. The first kappa shape index (κ1) is 15.4. The highest BCUT2D eigenvalue weighted by Crippen LogP contribution is 2.16. The van der Waals surface area contributed by atoms with E-state index < -0.39 is 15.6 Å². The van der Waals surface area contributed by atoms with Crippen LogP contribution in [-0.4, -0.2) is 48.5 Å². The molecule has 0 amide bonds. The van der Waals surface area contributed by atoms with Gasteiger partial charge in [0.05, 0.1) is 11.8 Å². The summed E-state index contributed by atoms with van der Waals surface area (Å²) in [6.07, 6.45) is 5.17. The van der Waals surface area contributed by atoms with E-state index in [1.54, 1.807) is 4.68 Å². The Balaban J connectivity index is 1.99. The molecule has 1 saturated heterocycles. The Kier molecular flexibility index (Phi) is 4.79. The number of nitrogens with one attached hydrogen (secondary N) is 2. The summed E-state index contributed by atoms with van der Waals surface area (Å²) in [5.41, 5.74) is -1.01. The number of sulfonamides is 1. The van der Waals surface area contributed by atoms with Crippen LogP contribution in [0.5, 0.6) is 0 Å². The molecule has 1 aliphatic rings. The fourth-order valence-electron chi connectivity index (χ4n) is 2.25. The van der Waals surface area contributed by atoms with Gasteiger partial charge in [0.1, 0.15) is 4.90 Å². The lowest BCUT2D eigenvalue weighted by molar-refractivity contribution is 0.0218. The van der Waals surface area contributed by atoms with Crippen molar-refractivity contribution in [2.45, 2.75) is 43.2 Å². The van der Waals surface area contributed by atoms with Crippen LogP contribution in [0.25, 0.3) is 0 Å². The Labute approximate surface area is 119 Å². The number of β-amino-alcohol motifs (C(OH)–C–C–N with tert-alkyl or cyclic N) is 1. The number of hydrogen-bond acceptors (Lipinski definition) is 5. The molecule has 8 heteroatoms. The van der Waals surface area contributed by atoms with E-state index in [9.17, 15) is 13.5 Å². The third-order valence-electron chi connectivity index (χ3n) is 3.41. The van der Waals surface area contributed by atoms with Gasteiger partial charge >= 0.3 is 0 Å². The molecule has 2 heterocycles. The van der Waals surface area contributed by atoms with Gasteiger partial charge in [0.2, 0.25) is 10.0 Å². The van der Waals surface area contributed by atoms with E-state index in [1.165, 1.54) is 12.4 Å². The standard InChI is InChI=1S/C12H22N4O3S/c1-2-6-16-8-11(7-14-16)20(18,19)15-10-12(17)4-3-5-13-9-12/h7-8,13,15,17H,2-6,9-10H2,1H3/t12-/m0/s1. The number of aryl methyl sites for hydroxylation is 1. The normalized spacial score (nSPS) is 23.9. The summed E-state index contributed by atoms with van der Waals surface area (Å²) in [6.45, 7) is 3.97. The maximum absolute atomic E-state index is 12.1. The van der Waals surface area contributed by atoms with Gasteiger partial charge in [0.25, 0.3) is 0 Å². The predicted octanol–water partition coefficient (Wildman–Crippen LogP) is -0.314. The summed E-state index contributed by atoms with van der Waals surface area (Å²) in [5.74, 6) is 0. The lowest BCUT2D eigenvalue weighted by atomic mass is 9.95. The van der Waals surface area contributed by atoms with E-state index in [1.807, 2.05) is 6.92 Å². The zero-order chi connectivity index (χ0) is 14.6. The highest BCUT2D eigenvalue weighted by molar-refractivity contribution is 7.89. The summed E-state index contributed by atoms with van der Waals surface area (Å²) >= 11 is 0. The molecule has 1 aromatic heterocycles. The average molecular weight is 302 g/mol. The van der Waals surface area contributed by atoms with Crippen LogP contribution in [0, 0.1) is 0 Å². The van der Waals surface area contributed by atoms with Crippen molar-refractivity contribution in [1.82, 2.24) is 19.8 Å². The Morgan fingerprint density at radius 3 is 3.05 bits per heavy atom. The van der Waals surface area contributed by atoms with Gasteiger partial charge in [-0.2, -0.15) is 5.10 Å². The molecule has 2 rings (SSSR count). The molecule has 1 fully saturated rings. The second-order valence-corrected chi connectivity index (χ2v) is 7.04. The van der Waals surface area contributed by atoms with E-state index >= 15 is 0 Å². The summed E-state index contributed by atoms with van der Waals surface area (Å²) < 4.78 is 28.3. The van der Waals surface area contributed by atoms with Crippen LogP contribution in [0.4, 0.5) is 0 Å². The minimum absolute atomic E-state index is 0.0152. The molecule has 1 atom stereocenters. The summed E-state index contributed by atoms with van der Waals surface area (Å²) in [7, 11) is -3.62. The van der Waals surface area contributed by atoms with Crippen LogP contribution in [0.3, 0.4) is 0 Å². The maximum atomic E-state index is 12.1. The predicted molar refractivity (Wildman–Crippen MR) is 74.8 cm³/mol. The summed E-state index contributed by atoms with van der Waals surface area (Å²) in [4.78, 5) is 0.137. The first-order valence-corrected chi connectivity index (χ1v) is 8.39. The first-order valence-electron chi connectivity index (χ1n) is 6.90. The minimum Gasteiger partial charge on any atom is -0.387 e. The Morgan fingerprint density at radius 1 is 1.60 bits per heavy atom.